The third-order valence-corrected chi connectivity index (χ3v) is 2.66. The van der Waals surface area contributed by atoms with E-state index in [1.807, 2.05) is 12.1 Å². The van der Waals surface area contributed by atoms with Gasteiger partial charge in [0, 0.05) is 18.1 Å². The number of halogens is 1. The molecule has 0 atom stereocenters. The number of hydrogen-bond acceptors (Lipinski definition) is 3. The summed E-state index contributed by atoms with van der Waals surface area (Å²) in [5.41, 5.74) is 0.878. The van der Waals surface area contributed by atoms with Crippen molar-refractivity contribution in [1.82, 2.24) is 0 Å². The number of benzene rings is 1. The Morgan fingerprint density at radius 3 is 2.60 bits per heavy atom. The summed E-state index contributed by atoms with van der Waals surface area (Å²) in [6, 6.07) is 5.44. The first-order valence-electron chi connectivity index (χ1n) is 4.49. The minimum atomic E-state index is 0.124. The van der Waals surface area contributed by atoms with E-state index in [2.05, 4.69) is 15.9 Å². The fraction of sp³-hybridized carbons (Fsp3) is 0.364. The minimum Gasteiger partial charge on any atom is -0.497 e. The number of carbonyl (C=O) groups is 1. The molecule has 3 nitrogen and oxygen atoms in total. The van der Waals surface area contributed by atoms with Gasteiger partial charge in [0.25, 0.3) is 0 Å². The fourth-order valence-electron chi connectivity index (χ4n) is 1.26. The molecule has 0 fully saturated rings. The van der Waals surface area contributed by atoms with Gasteiger partial charge in [-0.05, 0) is 6.07 Å². The molecule has 0 unspecified atom stereocenters. The molecule has 0 N–H and O–H groups in total. The summed E-state index contributed by atoms with van der Waals surface area (Å²) in [5.74, 6) is 1.53. The topological polar surface area (TPSA) is 35.5 Å². The molecular formula is C11H13BrO3. The second-order valence-corrected chi connectivity index (χ2v) is 3.59. The van der Waals surface area contributed by atoms with E-state index in [1.54, 1.807) is 20.3 Å². The predicted octanol–water partition coefficient (Wildman–Crippen LogP) is 2.21. The third kappa shape index (κ3) is 3.23. The summed E-state index contributed by atoms with van der Waals surface area (Å²) in [6.07, 6.45) is 0.373. The molecule has 0 amide bonds. The van der Waals surface area contributed by atoms with Crippen molar-refractivity contribution in [3.8, 4) is 11.5 Å². The molecule has 0 saturated carbocycles. The summed E-state index contributed by atoms with van der Waals surface area (Å²) >= 11 is 3.13. The number of hydrogen-bond donors (Lipinski definition) is 0. The Kier molecular flexibility index (Phi) is 4.62. The SMILES string of the molecule is COc1ccc(CC(=O)CBr)c(OC)c1. The molecule has 4 heteroatoms. The molecule has 82 valence electrons. The number of methoxy groups -OCH3 is 2. The second kappa shape index (κ2) is 5.75. The molecule has 15 heavy (non-hydrogen) atoms. The van der Waals surface area contributed by atoms with E-state index in [1.165, 1.54) is 0 Å². The lowest BCUT2D eigenvalue weighted by atomic mass is 10.1. The van der Waals surface area contributed by atoms with Gasteiger partial charge in [-0.1, -0.05) is 22.0 Å². The van der Waals surface area contributed by atoms with Crippen molar-refractivity contribution >= 4 is 21.7 Å². The lowest BCUT2D eigenvalue weighted by Crippen LogP contribution is -2.05. The highest BCUT2D eigenvalue weighted by atomic mass is 79.9. The molecule has 0 aliphatic carbocycles. The monoisotopic (exact) mass is 272 g/mol. The molecule has 1 aromatic carbocycles. The van der Waals surface area contributed by atoms with E-state index in [9.17, 15) is 4.79 Å². The highest BCUT2D eigenvalue weighted by molar-refractivity contribution is 9.09. The Morgan fingerprint density at radius 2 is 2.07 bits per heavy atom. The average molecular weight is 273 g/mol. The number of rotatable bonds is 5. The predicted molar refractivity (Wildman–Crippen MR) is 62.1 cm³/mol. The number of ether oxygens (including phenoxy) is 2. The normalized spacial score (nSPS) is 9.80. The van der Waals surface area contributed by atoms with Gasteiger partial charge in [0.2, 0.25) is 0 Å². The van der Waals surface area contributed by atoms with Crippen LogP contribution in [0.3, 0.4) is 0 Å². The van der Waals surface area contributed by atoms with Crippen LogP contribution in [0.1, 0.15) is 5.56 Å². The first-order valence-corrected chi connectivity index (χ1v) is 5.62. The molecule has 0 spiro atoms. The van der Waals surface area contributed by atoms with Crippen LogP contribution < -0.4 is 9.47 Å². The van der Waals surface area contributed by atoms with Gasteiger partial charge in [0.1, 0.15) is 17.3 Å². The van der Waals surface area contributed by atoms with Crippen molar-refractivity contribution in [1.29, 1.82) is 0 Å². The molecule has 0 aromatic heterocycles. The van der Waals surface area contributed by atoms with Gasteiger partial charge in [-0.25, -0.2) is 0 Å². The van der Waals surface area contributed by atoms with Gasteiger partial charge in [0.05, 0.1) is 19.5 Å². The van der Waals surface area contributed by atoms with E-state index in [4.69, 9.17) is 9.47 Å². The quantitative estimate of drug-likeness (QED) is 0.771. The molecule has 0 heterocycles. The maximum atomic E-state index is 11.3. The molecule has 0 radical (unpaired) electrons. The third-order valence-electron chi connectivity index (χ3n) is 2.03. The lowest BCUT2D eigenvalue weighted by Gasteiger charge is -2.09. The van der Waals surface area contributed by atoms with Crippen molar-refractivity contribution in [2.75, 3.05) is 19.5 Å². The minimum absolute atomic E-state index is 0.124. The van der Waals surface area contributed by atoms with Crippen LogP contribution in [0.2, 0.25) is 0 Å². The van der Waals surface area contributed by atoms with Gasteiger partial charge in [-0.3, -0.25) is 4.79 Å². The molecule has 1 rings (SSSR count). The van der Waals surface area contributed by atoms with Crippen LogP contribution in [0.4, 0.5) is 0 Å². The Labute approximate surface area is 97.5 Å². The standard InChI is InChI=1S/C11H13BrO3/c1-14-10-4-3-8(5-9(13)7-12)11(6-10)15-2/h3-4,6H,5,7H2,1-2H3. The molecular weight excluding hydrogens is 260 g/mol. The van der Waals surface area contributed by atoms with Crippen LogP contribution in [0.15, 0.2) is 18.2 Å². The van der Waals surface area contributed by atoms with Crippen molar-refractivity contribution in [3.05, 3.63) is 23.8 Å². The Bertz CT molecular complexity index is 350. The largest absolute Gasteiger partial charge is 0.497 e. The van der Waals surface area contributed by atoms with Crippen LogP contribution in [0.5, 0.6) is 11.5 Å². The smallest absolute Gasteiger partial charge is 0.147 e. The number of ketones is 1. The van der Waals surface area contributed by atoms with Crippen molar-refractivity contribution in [3.63, 3.8) is 0 Å². The highest BCUT2D eigenvalue weighted by Gasteiger charge is 2.08. The van der Waals surface area contributed by atoms with Crippen LogP contribution in [0.25, 0.3) is 0 Å². The number of carbonyl (C=O) groups excluding carboxylic acids is 1. The summed E-state index contributed by atoms with van der Waals surface area (Å²) < 4.78 is 10.3. The molecule has 1 aromatic rings. The fourth-order valence-corrected chi connectivity index (χ4v) is 1.46. The van der Waals surface area contributed by atoms with Crippen LogP contribution in [0, 0.1) is 0 Å². The Morgan fingerprint density at radius 1 is 1.33 bits per heavy atom. The number of alkyl halides is 1. The van der Waals surface area contributed by atoms with Crippen LogP contribution >= 0.6 is 15.9 Å². The summed E-state index contributed by atoms with van der Waals surface area (Å²) in [6.45, 7) is 0. The van der Waals surface area contributed by atoms with Gasteiger partial charge in [-0.15, -0.1) is 0 Å². The summed E-state index contributed by atoms with van der Waals surface area (Å²) in [7, 11) is 3.18. The van der Waals surface area contributed by atoms with E-state index in [-0.39, 0.29) is 5.78 Å². The van der Waals surface area contributed by atoms with Crippen molar-refractivity contribution < 1.29 is 14.3 Å². The Balaban J connectivity index is 2.92. The maximum absolute atomic E-state index is 11.3. The van der Waals surface area contributed by atoms with Gasteiger partial charge < -0.3 is 9.47 Å². The van der Waals surface area contributed by atoms with Gasteiger partial charge in [0.15, 0.2) is 0 Å². The van der Waals surface area contributed by atoms with Crippen molar-refractivity contribution in [2.45, 2.75) is 6.42 Å². The van der Waals surface area contributed by atoms with Gasteiger partial charge in [-0.2, -0.15) is 0 Å². The zero-order chi connectivity index (χ0) is 11.3. The van der Waals surface area contributed by atoms with E-state index in [0.717, 1.165) is 11.3 Å². The zero-order valence-electron chi connectivity index (χ0n) is 8.75. The number of Topliss-reactive ketones (excluding diaryl/α,β-unsaturated/α-hetero) is 1. The maximum Gasteiger partial charge on any atom is 0.147 e. The summed E-state index contributed by atoms with van der Waals surface area (Å²) in [5, 5.41) is 0.363. The highest BCUT2D eigenvalue weighted by Crippen LogP contribution is 2.25. The average Bonchev–Trinajstić information content (AvgIpc) is 2.29. The van der Waals surface area contributed by atoms with E-state index < -0.39 is 0 Å². The van der Waals surface area contributed by atoms with E-state index in [0.29, 0.717) is 17.5 Å². The first-order chi connectivity index (χ1) is 7.21. The molecule has 0 saturated heterocycles. The summed E-state index contributed by atoms with van der Waals surface area (Å²) in [4.78, 5) is 11.3. The Hall–Kier alpha value is -1.03. The molecule has 0 bridgehead atoms. The van der Waals surface area contributed by atoms with Crippen LogP contribution in [-0.4, -0.2) is 25.3 Å². The zero-order valence-corrected chi connectivity index (χ0v) is 10.3. The van der Waals surface area contributed by atoms with E-state index >= 15 is 0 Å². The van der Waals surface area contributed by atoms with Crippen LogP contribution in [-0.2, 0) is 11.2 Å². The first kappa shape index (κ1) is 12.0. The second-order valence-electron chi connectivity index (χ2n) is 3.03. The van der Waals surface area contributed by atoms with Crippen molar-refractivity contribution in [2.24, 2.45) is 0 Å². The van der Waals surface area contributed by atoms with Gasteiger partial charge >= 0.3 is 0 Å². The molecule has 0 aliphatic rings. The lowest BCUT2D eigenvalue weighted by molar-refractivity contribution is -0.115. The molecule has 0 aliphatic heterocycles.